The summed E-state index contributed by atoms with van der Waals surface area (Å²) in [6.07, 6.45) is 3.87. The van der Waals surface area contributed by atoms with Crippen LogP contribution in [0.1, 0.15) is 52.8 Å². The smallest absolute Gasteiger partial charge is 0.242 e. The lowest BCUT2D eigenvalue weighted by atomic mass is 10.3. The van der Waals surface area contributed by atoms with Crippen LogP contribution < -0.4 is 15.8 Å². The van der Waals surface area contributed by atoms with Gasteiger partial charge in [0.05, 0.1) is 12.7 Å². The van der Waals surface area contributed by atoms with Gasteiger partial charge in [0.15, 0.2) is 5.82 Å². The van der Waals surface area contributed by atoms with Crippen molar-refractivity contribution < 1.29 is 9.47 Å². The Morgan fingerprint density at radius 3 is 2.55 bits per heavy atom. The van der Waals surface area contributed by atoms with Gasteiger partial charge in [-0.05, 0) is 33.1 Å². The maximum atomic E-state index is 6.11. The van der Waals surface area contributed by atoms with Crippen molar-refractivity contribution in [2.75, 3.05) is 30.8 Å². The van der Waals surface area contributed by atoms with E-state index in [0.717, 1.165) is 44.7 Å². The molecule has 1 aromatic heterocycles. The highest BCUT2D eigenvalue weighted by atomic mass is 16.5. The van der Waals surface area contributed by atoms with Crippen LogP contribution in [0.3, 0.4) is 0 Å². The predicted molar refractivity (Wildman–Crippen MR) is 90.4 cm³/mol. The number of nitrogens with one attached hydrogen (secondary N) is 1. The molecule has 22 heavy (non-hydrogen) atoms. The van der Waals surface area contributed by atoms with Crippen LogP contribution in [0.25, 0.3) is 0 Å². The van der Waals surface area contributed by atoms with E-state index in [9.17, 15) is 0 Å². The highest BCUT2D eigenvalue weighted by Crippen LogP contribution is 2.26. The first-order valence-electron chi connectivity index (χ1n) is 8.23. The van der Waals surface area contributed by atoms with E-state index >= 15 is 0 Å². The second-order valence-electron chi connectivity index (χ2n) is 5.51. The Bertz CT molecular complexity index is 438. The van der Waals surface area contributed by atoms with Crippen LogP contribution in [0.4, 0.5) is 11.5 Å². The van der Waals surface area contributed by atoms with Crippen LogP contribution in [0.5, 0.6) is 5.88 Å². The van der Waals surface area contributed by atoms with Gasteiger partial charge in [-0.15, -0.1) is 0 Å². The summed E-state index contributed by atoms with van der Waals surface area (Å²) in [5.41, 5.74) is 6.59. The number of nitrogens with two attached hydrogens (primary N) is 1. The van der Waals surface area contributed by atoms with E-state index in [4.69, 9.17) is 15.2 Å². The van der Waals surface area contributed by atoms with Gasteiger partial charge in [-0.25, -0.2) is 4.98 Å². The average Bonchev–Trinajstić information content (AvgIpc) is 2.48. The summed E-state index contributed by atoms with van der Waals surface area (Å²) in [6, 6.07) is 0. The number of rotatable bonds is 11. The molecule has 0 aliphatic heterocycles. The molecule has 6 nitrogen and oxygen atoms in total. The van der Waals surface area contributed by atoms with Crippen molar-refractivity contribution in [3.63, 3.8) is 0 Å². The molecule has 126 valence electrons. The third-order valence-electron chi connectivity index (χ3n) is 2.94. The predicted octanol–water partition coefficient (Wildman–Crippen LogP) is 3.03. The Hall–Kier alpha value is -1.56. The molecule has 0 saturated carbocycles. The van der Waals surface area contributed by atoms with E-state index in [2.05, 4.69) is 29.1 Å². The topological polar surface area (TPSA) is 82.3 Å². The molecule has 1 heterocycles. The zero-order valence-corrected chi connectivity index (χ0v) is 14.3. The van der Waals surface area contributed by atoms with E-state index in [1.165, 1.54) is 0 Å². The molecule has 0 atom stereocenters. The molecule has 0 radical (unpaired) electrons. The van der Waals surface area contributed by atoms with Crippen LogP contribution in [0, 0.1) is 0 Å². The van der Waals surface area contributed by atoms with Gasteiger partial charge in [0, 0.05) is 19.6 Å². The Kier molecular flexibility index (Phi) is 8.58. The highest BCUT2D eigenvalue weighted by Gasteiger charge is 2.12. The van der Waals surface area contributed by atoms with Gasteiger partial charge in [0.2, 0.25) is 5.88 Å². The third-order valence-corrected chi connectivity index (χ3v) is 2.94. The molecule has 0 bridgehead atoms. The first-order chi connectivity index (χ1) is 10.6. The molecule has 0 aliphatic carbocycles. The van der Waals surface area contributed by atoms with Crippen molar-refractivity contribution in [3.05, 3.63) is 5.82 Å². The van der Waals surface area contributed by atoms with E-state index < -0.39 is 0 Å². The largest absolute Gasteiger partial charge is 0.476 e. The van der Waals surface area contributed by atoms with Crippen molar-refractivity contribution >= 4 is 11.5 Å². The Balaban J connectivity index is 2.67. The summed E-state index contributed by atoms with van der Waals surface area (Å²) in [6.45, 7) is 10.3. The van der Waals surface area contributed by atoms with Crippen molar-refractivity contribution in [3.8, 4) is 5.88 Å². The van der Waals surface area contributed by atoms with E-state index in [0.29, 0.717) is 24.0 Å². The van der Waals surface area contributed by atoms with E-state index in [-0.39, 0.29) is 6.10 Å². The standard InChI is InChI=1S/C16H30N4O2/c1-5-8-13-19-15(18-9-7-11-21-12(3)4)14(17)16(20-13)22-10-6-2/h12H,5-11,17H2,1-4H3,(H,18,19,20). The maximum Gasteiger partial charge on any atom is 0.242 e. The SMILES string of the molecule is CCCOc1nc(CCC)nc(NCCCOC(C)C)c1N. The maximum absolute atomic E-state index is 6.11. The lowest BCUT2D eigenvalue weighted by Crippen LogP contribution is -2.14. The Labute approximate surface area is 133 Å². The fraction of sp³-hybridized carbons (Fsp3) is 0.750. The van der Waals surface area contributed by atoms with Crippen LogP contribution in [0.2, 0.25) is 0 Å². The normalized spacial score (nSPS) is 11.0. The van der Waals surface area contributed by atoms with Gasteiger partial charge in [-0.1, -0.05) is 13.8 Å². The van der Waals surface area contributed by atoms with Crippen molar-refractivity contribution in [2.24, 2.45) is 0 Å². The zero-order valence-electron chi connectivity index (χ0n) is 14.3. The molecule has 0 spiro atoms. The zero-order chi connectivity index (χ0) is 16.4. The number of hydrogen-bond donors (Lipinski definition) is 2. The lowest BCUT2D eigenvalue weighted by molar-refractivity contribution is 0.0787. The Morgan fingerprint density at radius 2 is 1.91 bits per heavy atom. The minimum absolute atomic E-state index is 0.259. The summed E-state index contributed by atoms with van der Waals surface area (Å²) in [5, 5.41) is 3.27. The molecular weight excluding hydrogens is 280 g/mol. The number of anilines is 2. The molecule has 0 unspecified atom stereocenters. The van der Waals surface area contributed by atoms with Gasteiger partial charge < -0.3 is 20.5 Å². The number of hydrogen-bond acceptors (Lipinski definition) is 6. The van der Waals surface area contributed by atoms with E-state index in [1.807, 2.05) is 13.8 Å². The number of ether oxygens (including phenoxy) is 2. The molecule has 0 aromatic carbocycles. The molecule has 0 saturated heterocycles. The minimum atomic E-state index is 0.259. The van der Waals surface area contributed by atoms with Crippen molar-refractivity contribution in [1.29, 1.82) is 0 Å². The molecule has 0 fully saturated rings. The molecule has 3 N–H and O–H groups in total. The molecule has 0 amide bonds. The third kappa shape index (κ3) is 6.47. The average molecular weight is 310 g/mol. The number of nitrogens with zero attached hydrogens (tertiary/aromatic N) is 2. The van der Waals surface area contributed by atoms with Gasteiger partial charge >= 0.3 is 0 Å². The fourth-order valence-corrected chi connectivity index (χ4v) is 1.87. The minimum Gasteiger partial charge on any atom is -0.476 e. The van der Waals surface area contributed by atoms with Crippen molar-refractivity contribution in [2.45, 2.75) is 59.5 Å². The van der Waals surface area contributed by atoms with Crippen LogP contribution in [-0.2, 0) is 11.2 Å². The van der Waals surface area contributed by atoms with Crippen LogP contribution in [0.15, 0.2) is 0 Å². The summed E-state index contributed by atoms with van der Waals surface area (Å²) in [7, 11) is 0. The number of aromatic nitrogens is 2. The number of aryl methyl sites for hydroxylation is 1. The molecule has 1 rings (SSSR count). The van der Waals surface area contributed by atoms with Crippen LogP contribution in [-0.4, -0.2) is 35.8 Å². The quantitative estimate of drug-likeness (QED) is 0.611. The molecule has 6 heteroatoms. The van der Waals surface area contributed by atoms with Gasteiger partial charge in [0.1, 0.15) is 11.5 Å². The van der Waals surface area contributed by atoms with Crippen molar-refractivity contribution in [1.82, 2.24) is 9.97 Å². The summed E-state index contributed by atoms with van der Waals surface area (Å²) in [4.78, 5) is 8.90. The highest BCUT2D eigenvalue weighted by molar-refractivity contribution is 5.66. The summed E-state index contributed by atoms with van der Waals surface area (Å²) in [5.74, 6) is 1.92. The fourth-order valence-electron chi connectivity index (χ4n) is 1.87. The number of nitrogen functional groups attached to an aromatic ring is 1. The molecule has 1 aromatic rings. The van der Waals surface area contributed by atoms with Crippen LogP contribution >= 0.6 is 0 Å². The summed E-state index contributed by atoms with van der Waals surface area (Å²) < 4.78 is 11.2. The monoisotopic (exact) mass is 310 g/mol. The van der Waals surface area contributed by atoms with Gasteiger partial charge in [0.25, 0.3) is 0 Å². The second kappa shape index (κ2) is 10.2. The summed E-state index contributed by atoms with van der Waals surface area (Å²) >= 11 is 0. The first kappa shape index (κ1) is 18.5. The lowest BCUT2D eigenvalue weighted by Gasteiger charge is -2.14. The first-order valence-corrected chi connectivity index (χ1v) is 8.23. The second-order valence-corrected chi connectivity index (χ2v) is 5.51. The Morgan fingerprint density at radius 1 is 1.14 bits per heavy atom. The van der Waals surface area contributed by atoms with Gasteiger partial charge in [-0.3, -0.25) is 0 Å². The molecule has 0 aliphatic rings. The van der Waals surface area contributed by atoms with E-state index in [1.54, 1.807) is 0 Å². The van der Waals surface area contributed by atoms with Gasteiger partial charge in [-0.2, -0.15) is 4.98 Å². The molecular formula is C16H30N4O2.